The summed E-state index contributed by atoms with van der Waals surface area (Å²) < 4.78 is 30.5. The second-order valence-electron chi connectivity index (χ2n) is 14.7. The minimum absolute atomic E-state index is 0. The molecule has 0 saturated heterocycles. The summed E-state index contributed by atoms with van der Waals surface area (Å²) in [5.74, 6) is 1.22. The second-order valence-corrected chi connectivity index (χ2v) is 16.3. The molecule has 0 aliphatic carbocycles. The quantitative estimate of drug-likeness (QED) is 0.0554. The average molecular weight is 717 g/mol. The van der Waals surface area contributed by atoms with Crippen LogP contribution in [0.3, 0.4) is 0 Å². The molecule has 0 atom stereocenters. The first-order chi connectivity index (χ1) is 23.4. The molecule has 0 aliphatic heterocycles. The van der Waals surface area contributed by atoms with Crippen LogP contribution in [0.25, 0.3) is 0 Å². The van der Waals surface area contributed by atoms with Crippen molar-refractivity contribution in [3.8, 4) is 0 Å². The van der Waals surface area contributed by atoms with E-state index in [2.05, 4.69) is 29.6 Å². The molecule has 0 bridgehead atoms. The molecule has 0 unspecified atom stereocenters. The topological polar surface area (TPSA) is 72.2 Å². The van der Waals surface area contributed by atoms with Gasteiger partial charge in [0.1, 0.15) is 5.82 Å². The first-order valence-electron chi connectivity index (χ1n) is 21.4. The molecule has 7 heteroatoms. The van der Waals surface area contributed by atoms with Crippen molar-refractivity contribution in [2.24, 2.45) is 0 Å². The van der Waals surface area contributed by atoms with Gasteiger partial charge in [-0.15, -0.1) is 0 Å². The molecule has 294 valence electrons. The molecule has 5 nitrogen and oxygen atoms in total. The maximum absolute atomic E-state index is 9.95. The number of hydrogen-bond acceptors (Lipinski definition) is 3. The van der Waals surface area contributed by atoms with Crippen LogP contribution in [0.2, 0.25) is 0 Å². The summed E-state index contributed by atoms with van der Waals surface area (Å²) >= 11 is 0. The number of nitrogens with zero attached hydrogens (tertiary/aromatic N) is 2. The largest absolute Gasteiger partial charge is 0.335 e. The van der Waals surface area contributed by atoms with E-state index in [9.17, 15) is 8.42 Å². The van der Waals surface area contributed by atoms with E-state index in [0.29, 0.717) is 6.42 Å². The molecular formula is C42H85FN2O3S. The van der Waals surface area contributed by atoms with Crippen molar-refractivity contribution in [1.82, 2.24) is 9.55 Å². The molecule has 49 heavy (non-hydrogen) atoms. The zero-order valence-corrected chi connectivity index (χ0v) is 33.9. The summed E-state index contributed by atoms with van der Waals surface area (Å²) in [4.78, 5) is 4.67. The number of rotatable bonds is 36. The molecule has 0 radical (unpaired) electrons. The first kappa shape index (κ1) is 50.2. The van der Waals surface area contributed by atoms with Gasteiger partial charge in [0.05, 0.1) is 5.75 Å². The van der Waals surface area contributed by atoms with Crippen LogP contribution in [0.5, 0.6) is 0 Å². The van der Waals surface area contributed by atoms with Crippen molar-refractivity contribution in [3.05, 3.63) is 18.2 Å². The molecule has 1 N–H and O–H groups in total. The molecule has 1 aromatic rings. The van der Waals surface area contributed by atoms with Crippen LogP contribution < -0.4 is 0 Å². The van der Waals surface area contributed by atoms with Crippen LogP contribution in [0, 0.1) is 0 Å². The van der Waals surface area contributed by atoms with E-state index in [0.717, 1.165) is 6.42 Å². The zero-order chi connectivity index (χ0) is 35.2. The van der Waals surface area contributed by atoms with Crippen LogP contribution in [0.4, 0.5) is 4.70 Å². The molecule has 0 saturated carbocycles. The summed E-state index contributed by atoms with van der Waals surface area (Å²) in [6.07, 6.45) is 51.3. The van der Waals surface area contributed by atoms with Crippen LogP contribution >= 0.6 is 0 Å². The number of aromatic nitrogens is 2. The van der Waals surface area contributed by atoms with Crippen molar-refractivity contribution in [3.63, 3.8) is 0 Å². The Kier molecular flexibility index (Phi) is 40.8. The molecule has 1 rings (SSSR count). The van der Waals surface area contributed by atoms with E-state index in [-0.39, 0.29) is 10.5 Å². The number of aryl methyl sites for hydroxylation is 2. The molecular weight excluding hydrogens is 632 g/mol. The van der Waals surface area contributed by atoms with Crippen molar-refractivity contribution in [2.45, 2.75) is 246 Å². The van der Waals surface area contributed by atoms with Gasteiger partial charge in [-0.3, -0.25) is 9.26 Å². The lowest BCUT2D eigenvalue weighted by Gasteiger charge is -2.08. The van der Waals surface area contributed by atoms with Gasteiger partial charge in [0.15, 0.2) is 0 Å². The van der Waals surface area contributed by atoms with Crippen molar-refractivity contribution in [1.29, 1.82) is 0 Å². The normalized spacial score (nSPS) is 11.3. The van der Waals surface area contributed by atoms with Gasteiger partial charge in [-0.2, -0.15) is 8.42 Å². The number of imidazole rings is 1. The van der Waals surface area contributed by atoms with Gasteiger partial charge >= 0.3 is 0 Å². The maximum atomic E-state index is 9.95. The maximum Gasteiger partial charge on any atom is 0.264 e. The van der Waals surface area contributed by atoms with E-state index in [1.165, 1.54) is 218 Å². The minimum Gasteiger partial charge on any atom is -0.335 e. The highest BCUT2D eigenvalue weighted by molar-refractivity contribution is 7.85. The summed E-state index contributed by atoms with van der Waals surface area (Å²) in [5.41, 5.74) is 0. The van der Waals surface area contributed by atoms with Gasteiger partial charge in [0.2, 0.25) is 0 Å². The Bertz CT molecular complexity index is 862. The van der Waals surface area contributed by atoms with Gasteiger partial charge in [0.25, 0.3) is 10.1 Å². The molecule has 0 spiro atoms. The Labute approximate surface area is 306 Å². The summed E-state index contributed by atoms with van der Waals surface area (Å²) in [5, 5.41) is 0. The molecule has 0 fully saturated rings. The molecule has 0 aromatic carbocycles. The lowest BCUT2D eigenvalue weighted by Crippen LogP contribution is -2.03. The van der Waals surface area contributed by atoms with Crippen molar-refractivity contribution >= 4 is 10.1 Å². The lowest BCUT2D eigenvalue weighted by atomic mass is 10.0. The molecule has 1 aromatic heterocycles. The third-order valence-corrected chi connectivity index (χ3v) is 10.6. The van der Waals surface area contributed by atoms with Gasteiger partial charge in [-0.1, -0.05) is 213 Å². The summed E-state index contributed by atoms with van der Waals surface area (Å²) in [6, 6.07) is 0. The fourth-order valence-corrected chi connectivity index (χ4v) is 7.24. The predicted molar refractivity (Wildman–Crippen MR) is 214 cm³/mol. The van der Waals surface area contributed by atoms with Gasteiger partial charge in [0, 0.05) is 25.4 Å². The van der Waals surface area contributed by atoms with E-state index >= 15 is 0 Å². The molecule has 0 aliphatic rings. The third kappa shape index (κ3) is 39.7. The van der Waals surface area contributed by atoms with Crippen molar-refractivity contribution < 1.29 is 17.7 Å². The summed E-state index contributed by atoms with van der Waals surface area (Å²) in [6.45, 7) is 7.65. The second kappa shape index (κ2) is 39.8. The number of hydrogen-bond donors (Lipinski definition) is 1. The zero-order valence-electron chi connectivity index (χ0n) is 33.1. The smallest absolute Gasteiger partial charge is 0.264 e. The van der Waals surface area contributed by atoms with E-state index < -0.39 is 10.1 Å². The highest BCUT2D eigenvalue weighted by Crippen LogP contribution is 2.16. The van der Waals surface area contributed by atoms with E-state index in [1.807, 2.05) is 13.1 Å². The third-order valence-electron chi connectivity index (χ3n) is 9.81. The van der Waals surface area contributed by atoms with Crippen LogP contribution in [-0.4, -0.2) is 28.3 Å². The van der Waals surface area contributed by atoms with Crippen molar-refractivity contribution in [2.75, 3.05) is 5.75 Å². The van der Waals surface area contributed by atoms with E-state index in [4.69, 9.17) is 4.55 Å². The Morgan fingerprint density at radius 3 is 1.10 bits per heavy atom. The fraction of sp³-hybridized carbons (Fsp3) is 0.929. The Balaban J connectivity index is 0. The monoisotopic (exact) mass is 717 g/mol. The highest BCUT2D eigenvalue weighted by atomic mass is 32.2. The van der Waals surface area contributed by atoms with Gasteiger partial charge in [-0.05, 0) is 19.3 Å². The SMILES string of the molecule is CCCCCCCCCCCCCCCCCCn1ccnc1CCCCCCCCCCCCCCCCC.CCCCS(=O)(=O)O.F. The van der Waals surface area contributed by atoms with Crippen LogP contribution in [-0.2, 0) is 23.1 Å². The Hall–Kier alpha value is -0.950. The van der Waals surface area contributed by atoms with Gasteiger partial charge in [-0.25, -0.2) is 4.98 Å². The van der Waals surface area contributed by atoms with Crippen LogP contribution in [0.15, 0.2) is 12.4 Å². The first-order valence-corrected chi connectivity index (χ1v) is 23.0. The standard InChI is InChI=1S/C38H74N2.C4H10O3S.FH/c1-3-5-7-9-11-13-15-17-19-21-23-25-27-29-31-33-36-40-37-35-39-38(40)34-32-30-28-26-24-22-20-18-16-14-12-10-8-6-4-2;1-2-3-4-8(5,6)7;/h35,37H,3-34,36H2,1-2H3;2-4H2,1H3,(H,5,6,7);1H. The lowest BCUT2D eigenvalue weighted by molar-refractivity contribution is 0.480. The van der Waals surface area contributed by atoms with Gasteiger partial charge < -0.3 is 4.57 Å². The average Bonchev–Trinajstić information content (AvgIpc) is 3.52. The summed E-state index contributed by atoms with van der Waals surface area (Å²) in [7, 11) is -3.69. The highest BCUT2D eigenvalue weighted by Gasteiger charge is 2.03. The Morgan fingerprint density at radius 1 is 0.490 bits per heavy atom. The number of halogens is 1. The molecule has 1 heterocycles. The van der Waals surface area contributed by atoms with E-state index in [1.54, 1.807) is 0 Å². The minimum atomic E-state index is -3.69. The van der Waals surface area contributed by atoms with Crippen LogP contribution in [0.1, 0.15) is 238 Å². The molecule has 0 amide bonds. The Morgan fingerprint density at radius 2 is 0.796 bits per heavy atom. The number of unbranched alkanes of at least 4 members (excludes halogenated alkanes) is 30. The fourth-order valence-electron chi connectivity index (χ4n) is 6.58. The predicted octanol–water partition coefficient (Wildman–Crippen LogP) is 14.4.